The van der Waals surface area contributed by atoms with E-state index in [2.05, 4.69) is 90.1 Å². The first kappa shape index (κ1) is 18.7. The fraction of sp³-hybridized carbons (Fsp3) is 0.455. The maximum absolute atomic E-state index is 6.43. The van der Waals surface area contributed by atoms with Crippen molar-refractivity contribution >= 4 is 0 Å². The third-order valence-electron chi connectivity index (χ3n) is 4.71. The first-order chi connectivity index (χ1) is 11.0. The van der Waals surface area contributed by atoms with E-state index in [0.29, 0.717) is 0 Å². The molecule has 2 atom stereocenters. The molecule has 0 aromatic heterocycles. The van der Waals surface area contributed by atoms with Gasteiger partial charge in [-0.25, -0.2) is 0 Å². The molecule has 0 heterocycles. The van der Waals surface area contributed by atoms with Crippen LogP contribution >= 0.6 is 0 Å². The number of nitrogens with two attached hydrogens (primary N) is 2. The van der Waals surface area contributed by atoms with E-state index < -0.39 is 0 Å². The van der Waals surface area contributed by atoms with E-state index >= 15 is 0 Å². The van der Waals surface area contributed by atoms with E-state index in [1.807, 2.05) is 0 Å². The lowest BCUT2D eigenvalue weighted by Crippen LogP contribution is -2.26. The van der Waals surface area contributed by atoms with Crippen LogP contribution in [0.1, 0.15) is 75.9 Å². The van der Waals surface area contributed by atoms with Crippen LogP contribution in [-0.2, 0) is 10.8 Å². The molecule has 2 aromatic carbocycles. The summed E-state index contributed by atoms with van der Waals surface area (Å²) in [4.78, 5) is 0. The van der Waals surface area contributed by atoms with Gasteiger partial charge in [-0.15, -0.1) is 0 Å². The van der Waals surface area contributed by atoms with Crippen molar-refractivity contribution < 1.29 is 0 Å². The van der Waals surface area contributed by atoms with Gasteiger partial charge in [0.2, 0.25) is 0 Å². The van der Waals surface area contributed by atoms with Crippen molar-refractivity contribution in [2.45, 2.75) is 64.5 Å². The van der Waals surface area contributed by atoms with Gasteiger partial charge in [-0.2, -0.15) is 0 Å². The first-order valence-corrected chi connectivity index (χ1v) is 8.72. The zero-order valence-electron chi connectivity index (χ0n) is 15.9. The van der Waals surface area contributed by atoms with Crippen LogP contribution < -0.4 is 11.5 Å². The average molecular weight is 325 g/mol. The molecule has 0 saturated heterocycles. The quantitative estimate of drug-likeness (QED) is 0.836. The zero-order chi connectivity index (χ0) is 18.1. The second-order valence-electron chi connectivity index (χ2n) is 8.80. The highest BCUT2D eigenvalue weighted by Gasteiger charge is 2.20. The molecule has 2 heteroatoms. The van der Waals surface area contributed by atoms with Gasteiger partial charge < -0.3 is 11.5 Å². The topological polar surface area (TPSA) is 52.0 Å². The Bertz CT molecular complexity index is 594. The monoisotopic (exact) mass is 324 g/mol. The summed E-state index contributed by atoms with van der Waals surface area (Å²) < 4.78 is 0. The van der Waals surface area contributed by atoms with E-state index in [-0.39, 0.29) is 22.9 Å². The van der Waals surface area contributed by atoms with Crippen molar-refractivity contribution in [3.05, 3.63) is 70.8 Å². The summed E-state index contributed by atoms with van der Waals surface area (Å²) >= 11 is 0. The standard InChI is InChI=1S/C22H32N2/c1-21(2,3)17-11-7-15(8-12-17)19(23)20(24)16-9-13-18(14-10-16)22(4,5)6/h7-14,19-20H,23-24H2,1-6H3. The highest BCUT2D eigenvalue weighted by molar-refractivity contribution is 5.34. The maximum Gasteiger partial charge on any atom is 0.0491 e. The van der Waals surface area contributed by atoms with Crippen molar-refractivity contribution in [3.8, 4) is 0 Å². The predicted octanol–water partition coefficient (Wildman–Crippen LogP) is 4.98. The van der Waals surface area contributed by atoms with Gasteiger partial charge in [-0.1, -0.05) is 90.1 Å². The minimum Gasteiger partial charge on any atom is -0.322 e. The maximum atomic E-state index is 6.43. The molecule has 24 heavy (non-hydrogen) atoms. The van der Waals surface area contributed by atoms with Crippen LogP contribution in [0.15, 0.2) is 48.5 Å². The molecular weight excluding hydrogens is 292 g/mol. The molecule has 0 aliphatic heterocycles. The van der Waals surface area contributed by atoms with Crippen LogP contribution in [0.2, 0.25) is 0 Å². The Morgan fingerprint density at radius 1 is 0.542 bits per heavy atom. The van der Waals surface area contributed by atoms with E-state index in [1.165, 1.54) is 11.1 Å². The predicted molar refractivity (Wildman–Crippen MR) is 104 cm³/mol. The normalized spacial score (nSPS) is 15.2. The minimum atomic E-state index is -0.209. The fourth-order valence-corrected chi connectivity index (χ4v) is 2.83. The molecule has 2 aromatic rings. The van der Waals surface area contributed by atoms with E-state index in [0.717, 1.165) is 11.1 Å². The van der Waals surface area contributed by atoms with Crippen molar-refractivity contribution in [2.24, 2.45) is 11.5 Å². The molecule has 0 saturated carbocycles. The van der Waals surface area contributed by atoms with E-state index in [1.54, 1.807) is 0 Å². The molecule has 0 fully saturated rings. The number of hydrogen-bond acceptors (Lipinski definition) is 2. The van der Waals surface area contributed by atoms with E-state index in [9.17, 15) is 0 Å². The van der Waals surface area contributed by atoms with Gasteiger partial charge >= 0.3 is 0 Å². The van der Waals surface area contributed by atoms with Crippen LogP contribution in [0.3, 0.4) is 0 Å². The lowest BCUT2D eigenvalue weighted by molar-refractivity contribution is 0.565. The third-order valence-corrected chi connectivity index (χ3v) is 4.71. The zero-order valence-corrected chi connectivity index (χ0v) is 15.9. The van der Waals surface area contributed by atoms with Gasteiger partial charge in [0.05, 0.1) is 0 Å². The Morgan fingerprint density at radius 2 is 0.792 bits per heavy atom. The summed E-state index contributed by atoms with van der Waals surface area (Å²) in [6.07, 6.45) is 0. The molecule has 0 spiro atoms. The molecular formula is C22H32N2. The van der Waals surface area contributed by atoms with Crippen LogP contribution in [0, 0.1) is 0 Å². The van der Waals surface area contributed by atoms with Gasteiger partial charge in [-0.3, -0.25) is 0 Å². The molecule has 130 valence electrons. The molecule has 0 amide bonds. The highest BCUT2D eigenvalue weighted by Crippen LogP contribution is 2.29. The molecule has 0 bridgehead atoms. The second-order valence-corrected chi connectivity index (χ2v) is 8.80. The van der Waals surface area contributed by atoms with Crippen molar-refractivity contribution in [1.82, 2.24) is 0 Å². The summed E-state index contributed by atoms with van der Waals surface area (Å²) in [7, 11) is 0. The largest absolute Gasteiger partial charge is 0.322 e. The number of rotatable bonds is 3. The summed E-state index contributed by atoms with van der Waals surface area (Å²) in [5, 5.41) is 0. The summed E-state index contributed by atoms with van der Waals surface area (Å²) in [6.45, 7) is 13.3. The highest BCUT2D eigenvalue weighted by atomic mass is 14.8. The third kappa shape index (κ3) is 4.25. The average Bonchev–Trinajstić information content (AvgIpc) is 2.52. The van der Waals surface area contributed by atoms with Gasteiger partial charge in [-0.05, 0) is 33.1 Å². The second kappa shape index (κ2) is 6.70. The summed E-state index contributed by atoms with van der Waals surface area (Å²) in [6, 6.07) is 16.6. The fourth-order valence-electron chi connectivity index (χ4n) is 2.83. The molecule has 2 unspecified atom stereocenters. The van der Waals surface area contributed by atoms with Gasteiger partial charge in [0.25, 0.3) is 0 Å². The molecule has 2 rings (SSSR count). The van der Waals surface area contributed by atoms with Gasteiger partial charge in [0.15, 0.2) is 0 Å². The molecule has 0 aliphatic carbocycles. The Labute approximate surface area is 147 Å². The van der Waals surface area contributed by atoms with Crippen LogP contribution in [-0.4, -0.2) is 0 Å². The summed E-state index contributed by atoms with van der Waals surface area (Å²) in [5.74, 6) is 0. The number of hydrogen-bond donors (Lipinski definition) is 2. The molecule has 4 N–H and O–H groups in total. The van der Waals surface area contributed by atoms with E-state index in [4.69, 9.17) is 11.5 Å². The number of benzene rings is 2. The van der Waals surface area contributed by atoms with Crippen LogP contribution in [0.25, 0.3) is 0 Å². The summed E-state index contributed by atoms with van der Waals surface area (Å²) in [5.41, 5.74) is 17.9. The smallest absolute Gasteiger partial charge is 0.0491 e. The Hall–Kier alpha value is -1.64. The van der Waals surface area contributed by atoms with Gasteiger partial charge in [0.1, 0.15) is 0 Å². The van der Waals surface area contributed by atoms with Crippen molar-refractivity contribution in [2.75, 3.05) is 0 Å². The van der Waals surface area contributed by atoms with Crippen LogP contribution in [0.4, 0.5) is 0 Å². The lowest BCUT2D eigenvalue weighted by atomic mass is 9.84. The van der Waals surface area contributed by atoms with Crippen molar-refractivity contribution in [3.63, 3.8) is 0 Å². The van der Waals surface area contributed by atoms with Gasteiger partial charge in [0, 0.05) is 12.1 Å². The lowest BCUT2D eigenvalue weighted by Gasteiger charge is -2.24. The van der Waals surface area contributed by atoms with Crippen LogP contribution in [0.5, 0.6) is 0 Å². The minimum absolute atomic E-state index is 0.146. The Kier molecular flexibility index (Phi) is 5.22. The molecule has 0 aliphatic rings. The molecule has 2 nitrogen and oxygen atoms in total. The first-order valence-electron chi connectivity index (χ1n) is 8.72. The Morgan fingerprint density at radius 3 is 1.00 bits per heavy atom. The molecule has 0 radical (unpaired) electrons. The van der Waals surface area contributed by atoms with Crippen molar-refractivity contribution in [1.29, 1.82) is 0 Å². The Balaban J connectivity index is 2.18. The SMILES string of the molecule is CC(C)(C)c1ccc(C(N)C(N)c2ccc(C(C)(C)C)cc2)cc1.